The summed E-state index contributed by atoms with van der Waals surface area (Å²) < 4.78 is 10.6. The van der Waals surface area contributed by atoms with Crippen LogP contribution in [0, 0.1) is 6.92 Å². The van der Waals surface area contributed by atoms with Crippen LogP contribution >= 0.6 is 11.6 Å². The summed E-state index contributed by atoms with van der Waals surface area (Å²) >= 11 is 6.03. The summed E-state index contributed by atoms with van der Waals surface area (Å²) in [6.45, 7) is 2.43. The highest BCUT2D eigenvalue weighted by atomic mass is 35.5. The van der Waals surface area contributed by atoms with Gasteiger partial charge in [0.1, 0.15) is 18.1 Å². The molecule has 0 amide bonds. The zero-order chi connectivity index (χ0) is 13.1. The van der Waals surface area contributed by atoms with Gasteiger partial charge in [-0.15, -0.1) is 0 Å². The summed E-state index contributed by atoms with van der Waals surface area (Å²) in [7, 11) is 1.63. The lowest BCUT2D eigenvalue weighted by Gasteiger charge is -2.10. The van der Waals surface area contributed by atoms with E-state index in [0.29, 0.717) is 17.4 Å². The number of ether oxygens (including phenoxy) is 1. The Labute approximate surface area is 111 Å². The van der Waals surface area contributed by atoms with E-state index in [0.717, 1.165) is 16.9 Å². The van der Waals surface area contributed by atoms with Crippen LogP contribution in [0.25, 0.3) is 0 Å². The first-order valence-corrected chi connectivity index (χ1v) is 6.08. The molecule has 1 atom stereocenters. The second kappa shape index (κ2) is 5.57. The van der Waals surface area contributed by atoms with E-state index in [1.807, 2.05) is 37.3 Å². The molecule has 1 unspecified atom stereocenters. The van der Waals surface area contributed by atoms with Crippen LogP contribution in [-0.4, -0.2) is 7.11 Å². The quantitative estimate of drug-likeness (QED) is 0.921. The van der Waals surface area contributed by atoms with Gasteiger partial charge >= 0.3 is 0 Å². The Bertz CT molecular complexity index is 516. The minimum absolute atomic E-state index is 0.312. The Morgan fingerprint density at radius 1 is 1.33 bits per heavy atom. The van der Waals surface area contributed by atoms with E-state index < -0.39 is 0 Å². The van der Waals surface area contributed by atoms with E-state index in [2.05, 4.69) is 0 Å². The standard InChI is InChI=1S/C14H16ClNO2/c1-9-5-10(7-11(15)6-9)14(16)13-4-3-12(18-13)8-17-2/h3-7,14H,8,16H2,1-2H3. The fourth-order valence-electron chi connectivity index (χ4n) is 1.89. The highest BCUT2D eigenvalue weighted by Gasteiger charge is 2.14. The molecule has 1 heterocycles. The predicted octanol–water partition coefficient (Wildman–Crippen LogP) is 3.44. The van der Waals surface area contributed by atoms with Crippen molar-refractivity contribution >= 4 is 11.6 Å². The molecule has 2 N–H and O–H groups in total. The molecule has 96 valence electrons. The maximum atomic E-state index is 6.17. The molecule has 0 bridgehead atoms. The molecule has 0 spiro atoms. The van der Waals surface area contributed by atoms with Gasteiger partial charge in [0.2, 0.25) is 0 Å². The van der Waals surface area contributed by atoms with E-state index in [1.54, 1.807) is 7.11 Å². The van der Waals surface area contributed by atoms with Crippen LogP contribution in [0.2, 0.25) is 5.02 Å². The van der Waals surface area contributed by atoms with Gasteiger partial charge in [0, 0.05) is 12.1 Å². The highest BCUT2D eigenvalue weighted by molar-refractivity contribution is 6.30. The van der Waals surface area contributed by atoms with E-state index in [-0.39, 0.29) is 6.04 Å². The number of furan rings is 1. The second-order valence-corrected chi connectivity index (χ2v) is 4.71. The van der Waals surface area contributed by atoms with Crippen LogP contribution < -0.4 is 5.73 Å². The Morgan fingerprint density at radius 3 is 2.78 bits per heavy atom. The summed E-state index contributed by atoms with van der Waals surface area (Å²) in [5, 5.41) is 0.684. The number of aryl methyl sites for hydroxylation is 1. The molecule has 1 aromatic carbocycles. The summed E-state index contributed by atoms with van der Waals surface area (Å²) in [6, 6.07) is 9.20. The number of hydrogen-bond acceptors (Lipinski definition) is 3. The zero-order valence-corrected chi connectivity index (χ0v) is 11.2. The number of benzene rings is 1. The predicted molar refractivity (Wildman–Crippen MR) is 71.6 cm³/mol. The summed E-state index contributed by atoms with van der Waals surface area (Å²) in [5.74, 6) is 1.48. The molecule has 4 heteroatoms. The molecule has 2 aromatic rings. The van der Waals surface area contributed by atoms with Gasteiger partial charge in [-0.3, -0.25) is 0 Å². The van der Waals surface area contributed by atoms with Gasteiger partial charge in [-0.1, -0.05) is 17.7 Å². The first-order chi connectivity index (χ1) is 8.60. The van der Waals surface area contributed by atoms with Crippen LogP contribution in [0.4, 0.5) is 0 Å². The molecule has 0 aliphatic rings. The molecule has 0 saturated heterocycles. The number of hydrogen-bond donors (Lipinski definition) is 1. The Morgan fingerprint density at radius 2 is 2.11 bits per heavy atom. The third kappa shape index (κ3) is 2.93. The average molecular weight is 266 g/mol. The Kier molecular flexibility index (Phi) is 4.07. The van der Waals surface area contributed by atoms with E-state index in [9.17, 15) is 0 Å². The van der Waals surface area contributed by atoms with Gasteiger partial charge < -0.3 is 14.9 Å². The molecule has 0 aliphatic carbocycles. The van der Waals surface area contributed by atoms with Crippen molar-refractivity contribution < 1.29 is 9.15 Å². The van der Waals surface area contributed by atoms with Crippen LogP contribution in [0.3, 0.4) is 0 Å². The largest absolute Gasteiger partial charge is 0.462 e. The maximum Gasteiger partial charge on any atom is 0.129 e. The topological polar surface area (TPSA) is 48.4 Å². The number of rotatable bonds is 4. The molecule has 0 radical (unpaired) electrons. The van der Waals surface area contributed by atoms with Crippen molar-refractivity contribution in [1.29, 1.82) is 0 Å². The Hall–Kier alpha value is -1.29. The van der Waals surface area contributed by atoms with E-state index in [4.69, 9.17) is 26.5 Å². The van der Waals surface area contributed by atoms with Crippen molar-refractivity contribution in [1.82, 2.24) is 0 Å². The lowest BCUT2D eigenvalue weighted by Crippen LogP contribution is -2.11. The fraction of sp³-hybridized carbons (Fsp3) is 0.286. The first kappa shape index (κ1) is 13.1. The third-order valence-electron chi connectivity index (χ3n) is 2.70. The molecular formula is C14H16ClNO2. The molecule has 18 heavy (non-hydrogen) atoms. The SMILES string of the molecule is COCc1ccc(C(N)c2cc(C)cc(Cl)c2)o1. The van der Waals surface area contributed by atoms with Crippen molar-refractivity contribution in [2.24, 2.45) is 5.73 Å². The molecule has 0 aliphatic heterocycles. The van der Waals surface area contributed by atoms with Crippen molar-refractivity contribution in [3.63, 3.8) is 0 Å². The van der Waals surface area contributed by atoms with Crippen LogP contribution in [0.1, 0.15) is 28.7 Å². The monoisotopic (exact) mass is 265 g/mol. The van der Waals surface area contributed by atoms with Gasteiger partial charge in [-0.25, -0.2) is 0 Å². The average Bonchev–Trinajstić information content (AvgIpc) is 2.76. The van der Waals surface area contributed by atoms with Gasteiger partial charge in [-0.2, -0.15) is 0 Å². The van der Waals surface area contributed by atoms with Gasteiger partial charge in [0.15, 0.2) is 0 Å². The van der Waals surface area contributed by atoms with Gasteiger partial charge in [0.25, 0.3) is 0 Å². The fourth-order valence-corrected chi connectivity index (χ4v) is 2.19. The van der Waals surface area contributed by atoms with Crippen LogP contribution in [-0.2, 0) is 11.3 Å². The zero-order valence-electron chi connectivity index (χ0n) is 10.4. The van der Waals surface area contributed by atoms with E-state index >= 15 is 0 Å². The number of halogens is 1. The normalized spacial score (nSPS) is 12.7. The highest BCUT2D eigenvalue weighted by Crippen LogP contribution is 2.25. The third-order valence-corrected chi connectivity index (χ3v) is 2.92. The molecular weight excluding hydrogens is 250 g/mol. The van der Waals surface area contributed by atoms with Crippen molar-refractivity contribution in [2.75, 3.05) is 7.11 Å². The van der Waals surface area contributed by atoms with Gasteiger partial charge in [0.05, 0.1) is 6.04 Å². The smallest absolute Gasteiger partial charge is 0.129 e. The van der Waals surface area contributed by atoms with E-state index in [1.165, 1.54) is 0 Å². The lowest BCUT2D eigenvalue weighted by atomic mass is 10.0. The Balaban J connectivity index is 2.26. The molecule has 2 rings (SSSR count). The van der Waals surface area contributed by atoms with Crippen LogP contribution in [0.5, 0.6) is 0 Å². The number of methoxy groups -OCH3 is 1. The summed E-state index contributed by atoms with van der Waals surface area (Å²) in [6.07, 6.45) is 0. The molecule has 1 aromatic heterocycles. The molecule has 0 fully saturated rings. The lowest BCUT2D eigenvalue weighted by molar-refractivity contribution is 0.162. The van der Waals surface area contributed by atoms with Crippen molar-refractivity contribution in [2.45, 2.75) is 19.6 Å². The first-order valence-electron chi connectivity index (χ1n) is 5.70. The summed E-state index contributed by atoms with van der Waals surface area (Å²) in [5.41, 5.74) is 8.19. The second-order valence-electron chi connectivity index (χ2n) is 4.28. The van der Waals surface area contributed by atoms with Gasteiger partial charge in [-0.05, 0) is 42.3 Å². The van der Waals surface area contributed by atoms with Crippen LogP contribution in [0.15, 0.2) is 34.7 Å². The van der Waals surface area contributed by atoms with Crippen molar-refractivity contribution in [3.05, 3.63) is 58.0 Å². The minimum Gasteiger partial charge on any atom is -0.462 e. The number of nitrogens with two attached hydrogens (primary N) is 1. The van der Waals surface area contributed by atoms with Crippen molar-refractivity contribution in [3.8, 4) is 0 Å². The molecule has 3 nitrogen and oxygen atoms in total. The minimum atomic E-state index is -0.312. The maximum absolute atomic E-state index is 6.17. The summed E-state index contributed by atoms with van der Waals surface area (Å²) in [4.78, 5) is 0. The molecule has 0 saturated carbocycles.